The number of fused-ring (bicyclic) bond motifs is 1. The van der Waals surface area contributed by atoms with E-state index in [0.717, 1.165) is 29.2 Å². The molecule has 104 valence electrons. The first-order valence-corrected chi connectivity index (χ1v) is 6.69. The third kappa shape index (κ3) is 2.56. The lowest BCUT2D eigenvalue weighted by molar-refractivity contribution is 0.174. The second kappa shape index (κ2) is 5.43. The molecule has 0 fully saturated rings. The molecule has 0 amide bonds. The van der Waals surface area contributed by atoms with Gasteiger partial charge in [-0.05, 0) is 36.2 Å². The molecule has 3 rings (SSSR count). The molecule has 0 spiro atoms. The summed E-state index contributed by atoms with van der Waals surface area (Å²) in [7, 11) is 0. The minimum absolute atomic E-state index is 0.0783. The van der Waals surface area contributed by atoms with Gasteiger partial charge in [0.25, 0.3) is 0 Å². The predicted octanol–water partition coefficient (Wildman–Crippen LogP) is 3.62. The van der Waals surface area contributed by atoms with E-state index in [0.29, 0.717) is 5.75 Å². The van der Waals surface area contributed by atoms with Gasteiger partial charge in [0.05, 0.1) is 0 Å². The lowest BCUT2D eigenvalue weighted by atomic mass is 10.1. The molecule has 0 radical (unpaired) electrons. The number of benzene rings is 2. The number of rotatable bonds is 4. The van der Waals surface area contributed by atoms with Crippen molar-refractivity contribution in [1.82, 2.24) is 0 Å². The second-order valence-electron chi connectivity index (χ2n) is 4.70. The first-order valence-electron chi connectivity index (χ1n) is 6.69. The van der Waals surface area contributed by atoms with Gasteiger partial charge in [-0.2, -0.15) is 0 Å². The second-order valence-corrected chi connectivity index (χ2v) is 4.70. The van der Waals surface area contributed by atoms with Crippen molar-refractivity contribution in [3.05, 3.63) is 48.0 Å². The van der Waals surface area contributed by atoms with Crippen molar-refractivity contribution in [2.24, 2.45) is 5.73 Å². The summed E-state index contributed by atoms with van der Waals surface area (Å²) in [5, 5.41) is 0. The monoisotopic (exact) mass is 271 g/mol. The van der Waals surface area contributed by atoms with Gasteiger partial charge in [0.1, 0.15) is 11.5 Å². The van der Waals surface area contributed by atoms with E-state index in [4.69, 9.17) is 19.9 Å². The van der Waals surface area contributed by atoms with Crippen molar-refractivity contribution in [2.45, 2.75) is 19.4 Å². The first kappa shape index (κ1) is 12.8. The van der Waals surface area contributed by atoms with Crippen LogP contribution in [0, 0.1) is 0 Å². The van der Waals surface area contributed by atoms with Gasteiger partial charge in [-0.1, -0.05) is 19.1 Å². The van der Waals surface area contributed by atoms with E-state index in [1.165, 1.54) is 0 Å². The maximum absolute atomic E-state index is 5.99. The van der Waals surface area contributed by atoms with Crippen LogP contribution in [0.5, 0.6) is 23.0 Å². The molecule has 0 bridgehead atoms. The number of ether oxygens (including phenoxy) is 3. The van der Waals surface area contributed by atoms with Crippen LogP contribution in [0.15, 0.2) is 42.5 Å². The van der Waals surface area contributed by atoms with E-state index in [-0.39, 0.29) is 12.8 Å². The molecule has 1 aliphatic heterocycles. The van der Waals surface area contributed by atoms with Crippen LogP contribution in [0.25, 0.3) is 0 Å². The normalized spacial score (nSPS) is 14.1. The van der Waals surface area contributed by atoms with Crippen LogP contribution in [-0.4, -0.2) is 6.79 Å². The van der Waals surface area contributed by atoms with Crippen molar-refractivity contribution in [2.75, 3.05) is 6.79 Å². The fourth-order valence-electron chi connectivity index (χ4n) is 2.10. The Morgan fingerprint density at radius 1 is 1.05 bits per heavy atom. The van der Waals surface area contributed by atoms with Crippen molar-refractivity contribution < 1.29 is 14.2 Å². The highest BCUT2D eigenvalue weighted by Crippen LogP contribution is 2.36. The van der Waals surface area contributed by atoms with Crippen LogP contribution in [0.2, 0.25) is 0 Å². The van der Waals surface area contributed by atoms with Gasteiger partial charge in [-0.3, -0.25) is 0 Å². The zero-order valence-corrected chi connectivity index (χ0v) is 11.3. The van der Waals surface area contributed by atoms with Crippen LogP contribution < -0.4 is 19.9 Å². The van der Waals surface area contributed by atoms with Gasteiger partial charge in [0.2, 0.25) is 6.79 Å². The summed E-state index contributed by atoms with van der Waals surface area (Å²) in [6, 6.07) is 13.5. The van der Waals surface area contributed by atoms with Gasteiger partial charge in [0, 0.05) is 12.1 Å². The smallest absolute Gasteiger partial charge is 0.231 e. The lowest BCUT2D eigenvalue weighted by Gasteiger charge is -2.11. The van der Waals surface area contributed by atoms with E-state index in [1.54, 1.807) is 0 Å². The lowest BCUT2D eigenvalue weighted by Crippen LogP contribution is -2.07. The number of hydrogen-bond acceptors (Lipinski definition) is 4. The first-order chi connectivity index (χ1) is 9.76. The molecule has 1 heterocycles. The largest absolute Gasteiger partial charge is 0.457 e. The molecule has 0 aliphatic carbocycles. The maximum Gasteiger partial charge on any atom is 0.231 e. The van der Waals surface area contributed by atoms with Gasteiger partial charge in [-0.25, -0.2) is 0 Å². The molecule has 20 heavy (non-hydrogen) atoms. The van der Waals surface area contributed by atoms with E-state index >= 15 is 0 Å². The summed E-state index contributed by atoms with van der Waals surface area (Å²) >= 11 is 0. The van der Waals surface area contributed by atoms with Gasteiger partial charge < -0.3 is 19.9 Å². The fourth-order valence-corrected chi connectivity index (χ4v) is 2.10. The molecule has 2 aromatic rings. The highest BCUT2D eigenvalue weighted by molar-refractivity contribution is 5.48. The Morgan fingerprint density at radius 2 is 1.75 bits per heavy atom. The molecular weight excluding hydrogens is 254 g/mol. The Hall–Kier alpha value is -2.20. The molecule has 4 heteroatoms. The van der Waals surface area contributed by atoms with E-state index < -0.39 is 0 Å². The Morgan fingerprint density at radius 3 is 2.50 bits per heavy atom. The predicted molar refractivity (Wildman–Crippen MR) is 76.3 cm³/mol. The van der Waals surface area contributed by atoms with Crippen molar-refractivity contribution in [3.8, 4) is 23.0 Å². The molecule has 0 saturated heterocycles. The summed E-state index contributed by atoms with van der Waals surface area (Å²) in [5.41, 5.74) is 7.10. The van der Waals surface area contributed by atoms with Gasteiger partial charge in [0.15, 0.2) is 11.5 Å². The molecule has 0 aromatic heterocycles. The topological polar surface area (TPSA) is 53.7 Å². The number of nitrogens with two attached hydrogens (primary N) is 1. The van der Waals surface area contributed by atoms with E-state index in [2.05, 4.69) is 6.92 Å². The Balaban J connectivity index is 1.74. The van der Waals surface area contributed by atoms with Crippen LogP contribution in [-0.2, 0) is 0 Å². The summed E-state index contributed by atoms with van der Waals surface area (Å²) in [5.74, 6) is 2.96. The van der Waals surface area contributed by atoms with Crippen molar-refractivity contribution in [1.29, 1.82) is 0 Å². The quantitative estimate of drug-likeness (QED) is 0.922. The minimum Gasteiger partial charge on any atom is -0.457 e. The van der Waals surface area contributed by atoms with Crippen LogP contribution in [0.1, 0.15) is 24.9 Å². The van der Waals surface area contributed by atoms with Crippen molar-refractivity contribution in [3.63, 3.8) is 0 Å². The molecule has 1 unspecified atom stereocenters. The zero-order valence-electron chi connectivity index (χ0n) is 11.3. The van der Waals surface area contributed by atoms with Crippen LogP contribution in [0.3, 0.4) is 0 Å². The summed E-state index contributed by atoms with van der Waals surface area (Å²) in [4.78, 5) is 0. The third-order valence-electron chi connectivity index (χ3n) is 3.33. The fraction of sp³-hybridized carbons (Fsp3) is 0.250. The van der Waals surface area contributed by atoms with Gasteiger partial charge in [-0.15, -0.1) is 0 Å². The molecule has 1 aliphatic rings. The van der Waals surface area contributed by atoms with Gasteiger partial charge >= 0.3 is 0 Å². The van der Waals surface area contributed by atoms with E-state index in [9.17, 15) is 0 Å². The van der Waals surface area contributed by atoms with Crippen molar-refractivity contribution >= 4 is 0 Å². The molecule has 4 nitrogen and oxygen atoms in total. The third-order valence-corrected chi connectivity index (χ3v) is 3.33. The highest BCUT2D eigenvalue weighted by atomic mass is 16.7. The summed E-state index contributed by atoms with van der Waals surface area (Å²) in [6.07, 6.45) is 0.919. The summed E-state index contributed by atoms with van der Waals surface area (Å²) in [6.45, 7) is 2.34. The Kier molecular flexibility index (Phi) is 3.48. The summed E-state index contributed by atoms with van der Waals surface area (Å²) < 4.78 is 16.4. The van der Waals surface area contributed by atoms with Crippen LogP contribution >= 0.6 is 0 Å². The average Bonchev–Trinajstić information content (AvgIpc) is 2.95. The SMILES string of the molecule is CCC(N)c1ccc(Oc2ccc3c(c2)OCO3)cc1. The molecule has 2 aromatic carbocycles. The number of hydrogen-bond donors (Lipinski definition) is 1. The standard InChI is InChI=1S/C16H17NO3/c1-2-14(17)11-3-5-12(6-4-11)20-13-7-8-15-16(9-13)19-10-18-15/h3-9,14H,2,10,17H2,1H3. The maximum atomic E-state index is 5.99. The molecule has 1 atom stereocenters. The molecular formula is C16H17NO3. The molecule has 2 N–H and O–H groups in total. The zero-order chi connectivity index (χ0) is 13.9. The highest BCUT2D eigenvalue weighted by Gasteiger charge is 2.14. The van der Waals surface area contributed by atoms with E-state index in [1.807, 2.05) is 42.5 Å². The molecule has 0 saturated carbocycles. The Labute approximate surface area is 118 Å². The van der Waals surface area contributed by atoms with Crippen LogP contribution in [0.4, 0.5) is 0 Å². The Bertz CT molecular complexity index is 595. The average molecular weight is 271 g/mol. The minimum atomic E-state index is 0.0783.